The van der Waals surface area contributed by atoms with E-state index in [0.717, 1.165) is 16.7 Å². The van der Waals surface area contributed by atoms with Gasteiger partial charge >= 0.3 is 6.03 Å². The Bertz CT molecular complexity index is 931. The number of β-amino-alcohol motifs (C(OH)–C–C–N with tert-alkyl or cyclic N) is 1. The van der Waals surface area contributed by atoms with Gasteiger partial charge in [0, 0.05) is 13.1 Å². The second-order valence-corrected chi connectivity index (χ2v) is 8.47. The number of carbonyl (C=O) groups is 1. The van der Waals surface area contributed by atoms with Crippen LogP contribution in [-0.4, -0.2) is 59.1 Å². The first kappa shape index (κ1) is 23.0. The highest BCUT2D eigenvalue weighted by Gasteiger charge is 2.40. The van der Waals surface area contributed by atoms with Crippen molar-refractivity contribution < 1.29 is 19.7 Å². The average Bonchev–Trinajstić information content (AvgIpc) is 3.21. The summed E-state index contributed by atoms with van der Waals surface area (Å²) < 4.78 is 6.64. The number of urea groups is 1. The Hall–Kier alpha value is -3.19. The van der Waals surface area contributed by atoms with Crippen molar-refractivity contribution in [3.8, 4) is 0 Å². The lowest BCUT2D eigenvalue weighted by Gasteiger charge is -2.37. The van der Waals surface area contributed by atoms with Gasteiger partial charge in [-0.3, -0.25) is 0 Å². The van der Waals surface area contributed by atoms with Crippen LogP contribution >= 0.6 is 0 Å². The quantitative estimate of drug-likeness (QED) is 0.441. The number of amides is 2. The summed E-state index contributed by atoms with van der Waals surface area (Å²) in [6.07, 6.45) is -1.56. The van der Waals surface area contributed by atoms with Gasteiger partial charge in [-0.1, -0.05) is 91.0 Å². The van der Waals surface area contributed by atoms with Crippen LogP contribution in [0.4, 0.5) is 4.79 Å². The molecule has 6 nitrogen and oxygen atoms in total. The number of benzene rings is 3. The highest BCUT2D eigenvalue weighted by Crippen LogP contribution is 2.40. The van der Waals surface area contributed by atoms with Gasteiger partial charge in [0.25, 0.3) is 0 Å². The average molecular weight is 447 g/mol. The molecule has 4 rings (SSSR count). The minimum absolute atomic E-state index is 0.00610. The van der Waals surface area contributed by atoms with Gasteiger partial charge in [-0.15, -0.1) is 0 Å². The number of hydrogen-bond donors (Lipinski definition) is 3. The van der Waals surface area contributed by atoms with E-state index < -0.39 is 23.9 Å². The third kappa shape index (κ3) is 4.93. The second-order valence-electron chi connectivity index (χ2n) is 8.47. The molecule has 1 aliphatic rings. The van der Waals surface area contributed by atoms with E-state index in [4.69, 9.17) is 4.74 Å². The number of aliphatic hydroxyl groups is 2. The lowest BCUT2D eigenvalue weighted by Crippen LogP contribution is -2.44. The van der Waals surface area contributed by atoms with E-state index in [2.05, 4.69) is 5.32 Å². The summed E-state index contributed by atoms with van der Waals surface area (Å²) in [6, 6.07) is 29.1. The fourth-order valence-electron chi connectivity index (χ4n) is 4.41. The van der Waals surface area contributed by atoms with E-state index >= 15 is 0 Å². The molecular weight excluding hydrogens is 416 g/mol. The Morgan fingerprint density at radius 2 is 1.36 bits per heavy atom. The maximum Gasteiger partial charge on any atom is 0.317 e. The number of ether oxygens (including phenoxy) is 1. The molecule has 1 fully saturated rings. The maximum atomic E-state index is 12.2. The SMILES string of the molecule is CC(O)CN1C[C@H]([C@H](O)COC(c2ccccc2)(c2ccccc2)c2ccccc2)NC1=O. The zero-order valence-electron chi connectivity index (χ0n) is 18.7. The summed E-state index contributed by atoms with van der Waals surface area (Å²) in [5.74, 6) is 0. The van der Waals surface area contributed by atoms with Crippen molar-refractivity contribution in [3.05, 3.63) is 108 Å². The lowest BCUT2D eigenvalue weighted by molar-refractivity contribution is -0.0461. The summed E-state index contributed by atoms with van der Waals surface area (Å²) in [6.45, 7) is 2.17. The Morgan fingerprint density at radius 3 is 1.79 bits per heavy atom. The van der Waals surface area contributed by atoms with Crippen LogP contribution in [0, 0.1) is 0 Å². The third-order valence-electron chi connectivity index (χ3n) is 5.97. The summed E-state index contributed by atoms with van der Waals surface area (Å²) >= 11 is 0. The Balaban J connectivity index is 1.66. The van der Waals surface area contributed by atoms with Crippen molar-refractivity contribution in [1.82, 2.24) is 10.2 Å². The Kier molecular flexibility index (Phi) is 7.08. The third-order valence-corrected chi connectivity index (χ3v) is 5.97. The number of hydrogen-bond acceptors (Lipinski definition) is 4. The van der Waals surface area contributed by atoms with Crippen LogP contribution in [-0.2, 0) is 10.3 Å². The molecule has 3 aromatic carbocycles. The summed E-state index contributed by atoms with van der Waals surface area (Å²) in [7, 11) is 0. The van der Waals surface area contributed by atoms with Crippen molar-refractivity contribution in [2.24, 2.45) is 0 Å². The zero-order chi connectivity index (χ0) is 23.3. The molecule has 1 unspecified atom stereocenters. The second kappa shape index (κ2) is 10.2. The molecule has 0 saturated carbocycles. The molecule has 3 atom stereocenters. The number of nitrogens with zero attached hydrogens (tertiary/aromatic N) is 1. The Labute approximate surface area is 194 Å². The number of aliphatic hydroxyl groups excluding tert-OH is 2. The first-order chi connectivity index (χ1) is 16.0. The fraction of sp³-hybridized carbons (Fsp3) is 0.296. The molecule has 3 N–H and O–H groups in total. The first-order valence-electron chi connectivity index (χ1n) is 11.2. The molecule has 0 aliphatic carbocycles. The molecule has 0 aromatic heterocycles. The summed E-state index contributed by atoms with van der Waals surface area (Å²) in [5.41, 5.74) is 1.90. The molecule has 2 amide bonds. The van der Waals surface area contributed by atoms with Gasteiger partial charge in [0.15, 0.2) is 0 Å². The molecule has 172 valence electrons. The molecule has 0 bridgehead atoms. The van der Waals surface area contributed by atoms with Crippen molar-refractivity contribution in [2.45, 2.75) is 30.8 Å². The molecule has 33 heavy (non-hydrogen) atoms. The molecule has 0 spiro atoms. The van der Waals surface area contributed by atoms with Gasteiger partial charge in [0.1, 0.15) is 5.60 Å². The number of rotatable bonds is 9. The monoisotopic (exact) mass is 446 g/mol. The van der Waals surface area contributed by atoms with Crippen molar-refractivity contribution in [3.63, 3.8) is 0 Å². The smallest absolute Gasteiger partial charge is 0.317 e. The predicted molar refractivity (Wildman–Crippen MR) is 127 cm³/mol. The molecular formula is C27H30N2O4. The van der Waals surface area contributed by atoms with Crippen LogP contribution in [0.1, 0.15) is 23.6 Å². The standard InChI is InChI=1S/C27H30N2O4/c1-20(30)17-29-18-24(28-26(29)32)25(31)19-33-27(21-11-5-2-6-12-21,22-13-7-3-8-14-22)23-15-9-4-10-16-23/h2-16,20,24-25,30-31H,17-19H2,1H3,(H,28,32)/t20?,24-,25-/m1/s1. The zero-order valence-corrected chi connectivity index (χ0v) is 18.7. The Morgan fingerprint density at radius 1 is 0.909 bits per heavy atom. The van der Waals surface area contributed by atoms with Gasteiger partial charge in [0.05, 0.1) is 24.9 Å². The van der Waals surface area contributed by atoms with E-state index in [1.165, 1.54) is 4.90 Å². The lowest BCUT2D eigenvalue weighted by atomic mass is 9.80. The highest BCUT2D eigenvalue weighted by atomic mass is 16.5. The van der Waals surface area contributed by atoms with Crippen LogP contribution in [0.2, 0.25) is 0 Å². The van der Waals surface area contributed by atoms with Gasteiger partial charge in [0.2, 0.25) is 0 Å². The van der Waals surface area contributed by atoms with E-state index in [9.17, 15) is 15.0 Å². The maximum absolute atomic E-state index is 12.2. The normalized spacial score (nSPS) is 18.1. The van der Waals surface area contributed by atoms with Crippen molar-refractivity contribution in [2.75, 3.05) is 19.7 Å². The number of nitrogens with one attached hydrogen (secondary N) is 1. The van der Waals surface area contributed by atoms with Gasteiger partial charge < -0.3 is 25.2 Å². The first-order valence-corrected chi connectivity index (χ1v) is 11.2. The van der Waals surface area contributed by atoms with E-state index in [0.29, 0.717) is 6.54 Å². The van der Waals surface area contributed by atoms with E-state index in [-0.39, 0.29) is 19.2 Å². The molecule has 1 heterocycles. The van der Waals surface area contributed by atoms with Gasteiger partial charge in [-0.05, 0) is 23.6 Å². The fourth-order valence-corrected chi connectivity index (χ4v) is 4.41. The minimum Gasteiger partial charge on any atom is -0.392 e. The molecule has 1 aliphatic heterocycles. The molecule has 0 radical (unpaired) electrons. The van der Waals surface area contributed by atoms with Crippen LogP contribution in [0.15, 0.2) is 91.0 Å². The van der Waals surface area contributed by atoms with Crippen molar-refractivity contribution >= 4 is 6.03 Å². The van der Waals surface area contributed by atoms with Gasteiger partial charge in [-0.2, -0.15) is 0 Å². The largest absolute Gasteiger partial charge is 0.392 e. The van der Waals surface area contributed by atoms with E-state index in [1.807, 2.05) is 91.0 Å². The highest BCUT2D eigenvalue weighted by molar-refractivity contribution is 5.77. The van der Waals surface area contributed by atoms with Crippen LogP contribution in [0.25, 0.3) is 0 Å². The molecule has 3 aromatic rings. The van der Waals surface area contributed by atoms with Crippen molar-refractivity contribution in [1.29, 1.82) is 0 Å². The van der Waals surface area contributed by atoms with Crippen LogP contribution < -0.4 is 5.32 Å². The predicted octanol–water partition coefficient (Wildman–Crippen LogP) is 3.13. The van der Waals surface area contributed by atoms with Gasteiger partial charge in [-0.25, -0.2) is 4.79 Å². The number of carbonyl (C=O) groups excluding carboxylic acids is 1. The summed E-state index contributed by atoms with van der Waals surface area (Å²) in [4.78, 5) is 13.8. The van der Waals surface area contributed by atoms with E-state index in [1.54, 1.807) is 6.92 Å². The molecule has 1 saturated heterocycles. The molecule has 6 heteroatoms. The minimum atomic E-state index is -0.938. The van der Waals surface area contributed by atoms with Crippen LogP contribution in [0.3, 0.4) is 0 Å². The topological polar surface area (TPSA) is 82.0 Å². The summed E-state index contributed by atoms with van der Waals surface area (Å²) in [5, 5.41) is 23.4. The van der Waals surface area contributed by atoms with Crippen LogP contribution in [0.5, 0.6) is 0 Å².